The third-order valence-electron chi connectivity index (χ3n) is 5.30. The van der Waals surface area contributed by atoms with Gasteiger partial charge in [-0.3, -0.25) is 14.5 Å². The number of rotatable bonds is 8. The summed E-state index contributed by atoms with van der Waals surface area (Å²) in [5.41, 5.74) is 4.03. The number of carbonyl (C=O) groups excluding carboxylic acids is 2. The molecule has 6 nitrogen and oxygen atoms in total. The van der Waals surface area contributed by atoms with Crippen molar-refractivity contribution in [3.63, 3.8) is 0 Å². The van der Waals surface area contributed by atoms with Crippen LogP contribution in [0.15, 0.2) is 54.6 Å². The number of amides is 2. The zero-order valence-electron chi connectivity index (χ0n) is 18.3. The van der Waals surface area contributed by atoms with Gasteiger partial charge in [0.25, 0.3) is 5.91 Å². The molecule has 0 aliphatic carbocycles. The normalized spacial score (nSPS) is 10.8. The van der Waals surface area contributed by atoms with E-state index in [1.54, 1.807) is 13.8 Å². The number of benzene rings is 2. The van der Waals surface area contributed by atoms with Crippen molar-refractivity contribution in [2.45, 2.75) is 40.2 Å². The number of aromatic nitrogens is 2. The van der Waals surface area contributed by atoms with E-state index in [0.717, 1.165) is 16.7 Å². The molecule has 0 saturated carbocycles. The summed E-state index contributed by atoms with van der Waals surface area (Å²) in [4.78, 5) is 32.1. The molecular weight excluding hydrogens is 390 g/mol. The molecular formula is C25H29N3O3. The van der Waals surface area contributed by atoms with Crippen LogP contribution >= 0.6 is 0 Å². The first-order valence-electron chi connectivity index (χ1n) is 10.6. The van der Waals surface area contributed by atoms with Crippen molar-refractivity contribution in [3.8, 4) is 11.4 Å². The summed E-state index contributed by atoms with van der Waals surface area (Å²) >= 11 is 0. The van der Waals surface area contributed by atoms with Gasteiger partial charge in [-0.2, -0.15) is 0 Å². The van der Waals surface area contributed by atoms with Gasteiger partial charge in [-0.25, -0.2) is 4.98 Å². The quantitative estimate of drug-likeness (QED) is 0.599. The molecule has 31 heavy (non-hydrogen) atoms. The second-order valence-corrected chi connectivity index (χ2v) is 7.54. The summed E-state index contributed by atoms with van der Waals surface area (Å²) in [6.45, 7) is 6.10. The molecule has 2 amide bonds. The van der Waals surface area contributed by atoms with Gasteiger partial charge in [0.1, 0.15) is 11.5 Å². The van der Waals surface area contributed by atoms with Gasteiger partial charge >= 0.3 is 0 Å². The van der Waals surface area contributed by atoms with E-state index < -0.39 is 0 Å². The third kappa shape index (κ3) is 4.91. The minimum atomic E-state index is -0.374. The zero-order chi connectivity index (χ0) is 22.4. The maximum absolute atomic E-state index is 13.6. The standard InChI is InChI=1S/C25H29N3O3/c1-4-22(30)27(15-10-16-29)25(31)23-19(3)26-24(21-14-9-8-11-18(21)2)28(23)17-20-12-6-5-7-13-20/h5-9,11-14,29H,4,10,15-17H2,1-3H3. The van der Waals surface area contributed by atoms with Crippen molar-refractivity contribution in [2.24, 2.45) is 0 Å². The van der Waals surface area contributed by atoms with Crippen LogP contribution in [0.5, 0.6) is 0 Å². The van der Waals surface area contributed by atoms with Crippen LogP contribution in [0.3, 0.4) is 0 Å². The van der Waals surface area contributed by atoms with Gasteiger partial charge in [0.05, 0.1) is 5.69 Å². The highest BCUT2D eigenvalue weighted by Gasteiger charge is 2.29. The summed E-state index contributed by atoms with van der Waals surface area (Å²) < 4.78 is 1.91. The molecule has 1 N–H and O–H groups in total. The van der Waals surface area contributed by atoms with Crippen molar-refractivity contribution in [1.82, 2.24) is 14.5 Å². The van der Waals surface area contributed by atoms with E-state index in [1.807, 2.05) is 66.1 Å². The Bertz CT molecular complexity index is 1060. The van der Waals surface area contributed by atoms with Crippen LogP contribution in [-0.4, -0.2) is 44.5 Å². The number of carbonyl (C=O) groups is 2. The van der Waals surface area contributed by atoms with Crippen molar-refractivity contribution < 1.29 is 14.7 Å². The van der Waals surface area contributed by atoms with Crippen LogP contribution in [0, 0.1) is 13.8 Å². The molecule has 3 aromatic rings. The molecule has 1 heterocycles. The fourth-order valence-electron chi connectivity index (χ4n) is 3.68. The maximum atomic E-state index is 13.6. The van der Waals surface area contributed by atoms with Crippen molar-refractivity contribution in [1.29, 1.82) is 0 Å². The van der Waals surface area contributed by atoms with Gasteiger partial charge in [-0.05, 0) is 31.4 Å². The molecule has 0 atom stereocenters. The molecule has 0 spiro atoms. The number of hydrogen-bond acceptors (Lipinski definition) is 4. The molecule has 3 rings (SSSR count). The zero-order valence-corrected chi connectivity index (χ0v) is 18.3. The monoisotopic (exact) mass is 419 g/mol. The Balaban J connectivity index is 2.15. The lowest BCUT2D eigenvalue weighted by molar-refractivity contribution is -0.128. The topological polar surface area (TPSA) is 75.4 Å². The van der Waals surface area contributed by atoms with Crippen LogP contribution in [-0.2, 0) is 11.3 Å². The first-order valence-corrected chi connectivity index (χ1v) is 10.6. The average Bonchev–Trinajstić information content (AvgIpc) is 3.10. The first-order chi connectivity index (χ1) is 15.0. The Morgan fingerprint density at radius 1 is 1.03 bits per heavy atom. The van der Waals surface area contributed by atoms with Crippen molar-refractivity contribution in [2.75, 3.05) is 13.2 Å². The smallest absolute Gasteiger partial charge is 0.279 e. The Hall–Kier alpha value is -3.25. The van der Waals surface area contributed by atoms with E-state index in [4.69, 9.17) is 4.98 Å². The van der Waals surface area contributed by atoms with E-state index >= 15 is 0 Å². The maximum Gasteiger partial charge on any atom is 0.279 e. The molecule has 0 saturated heterocycles. The number of aliphatic hydroxyl groups excluding tert-OH is 1. The molecule has 0 bridgehead atoms. The number of nitrogens with zero attached hydrogens (tertiary/aromatic N) is 3. The Kier molecular flexibility index (Phi) is 7.36. The lowest BCUT2D eigenvalue weighted by atomic mass is 10.1. The lowest BCUT2D eigenvalue weighted by Crippen LogP contribution is -2.39. The average molecular weight is 420 g/mol. The molecule has 1 aromatic heterocycles. The summed E-state index contributed by atoms with van der Waals surface area (Å²) in [5, 5.41) is 9.24. The lowest BCUT2D eigenvalue weighted by Gasteiger charge is -2.22. The van der Waals surface area contributed by atoms with Crippen LogP contribution in [0.2, 0.25) is 0 Å². The predicted octanol–water partition coefficient (Wildman–Crippen LogP) is 3.98. The number of aryl methyl sites for hydroxylation is 2. The van der Waals surface area contributed by atoms with Gasteiger partial charge in [0.2, 0.25) is 5.91 Å². The van der Waals surface area contributed by atoms with Gasteiger partial charge in [0.15, 0.2) is 0 Å². The van der Waals surface area contributed by atoms with E-state index in [1.165, 1.54) is 4.90 Å². The summed E-state index contributed by atoms with van der Waals surface area (Å²) in [7, 11) is 0. The highest BCUT2D eigenvalue weighted by atomic mass is 16.3. The summed E-state index contributed by atoms with van der Waals surface area (Å²) in [6.07, 6.45) is 0.557. The molecule has 0 fully saturated rings. The Morgan fingerprint density at radius 2 is 1.71 bits per heavy atom. The SMILES string of the molecule is CCC(=O)N(CCCO)C(=O)c1c(C)nc(-c2ccccc2C)n1Cc1ccccc1. The molecule has 0 aliphatic rings. The van der Waals surface area contributed by atoms with E-state index in [0.29, 0.717) is 30.2 Å². The highest BCUT2D eigenvalue weighted by molar-refractivity contribution is 6.04. The van der Waals surface area contributed by atoms with Crippen molar-refractivity contribution >= 4 is 11.8 Å². The van der Waals surface area contributed by atoms with E-state index in [2.05, 4.69) is 0 Å². The largest absolute Gasteiger partial charge is 0.396 e. The third-order valence-corrected chi connectivity index (χ3v) is 5.30. The van der Waals surface area contributed by atoms with Crippen LogP contribution < -0.4 is 0 Å². The molecule has 162 valence electrons. The molecule has 0 aliphatic heterocycles. The number of hydrogen-bond donors (Lipinski definition) is 1. The molecule has 2 aromatic carbocycles. The highest BCUT2D eigenvalue weighted by Crippen LogP contribution is 2.27. The van der Waals surface area contributed by atoms with Gasteiger partial charge in [0, 0.05) is 31.7 Å². The van der Waals surface area contributed by atoms with Gasteiger partial charge in [-0.15, -0.1) is 0 Å². The van der Waals surface area contributed by atoms with Gasteiger partial charge < -0.3 is 9.67 Å². The first kappa shape index (κ1) is 22.4. The second-order valence-electron chi connectivity index (χ2n) is 7.54. The molecule has 0 radical (unpaired) electrons. The van der Waals surface area contributed by atoms with E-state index in [9.17, 15) is 14.7 Å². The number of aliphatic hydroxyl groups is 1. The Morgan fingerprint density at radius 3 is 2.35 bits per heavy atom. The van der Waals surface area contributed by atoms with Gasteiger partial charge in [-0.1, -0.05) is 61.5 Å². The second kappa shape index (κ2) is 10.2. The number of imide groups is 1. The molecule has 6 heteroatoms. The van der Waals surface area contributed by atoms with Crippen molar-refractivity contribution in [3.05, 3.63) is 77.1 Å². The summed E-state index contributed by atoms with van der Waals surface area (Å²) in [6, 6.07) is 17.8. The van der Waals surface area contributed by atoms with Crippen LogP contribution in [0.25, 0.3) is 11.4 Å². The summed E-state index contributed by atoms with van der Waals surface area (Å²) in [5.74, 6) is 0.0673. The minimum absolute atomic E-state index is 0.0858. The number of imidazole rings is 1. The molecule has 0 unspecified atom stereocenters. The predicted molar refractivity (Wildman–Crippen MR) is 121 cm³/mol. The van der Waals surface area contributed by atoms with E-state index in [-0.39, 0.29) is 31.4 Å². The Labute approximate surface area is 183 Å². The minimum Gasteiger partial charge on any atom is -0.396 e. The van der Waals surface area contributed by atoms with Crippen LogP contribution in [0.4, 0.5) is 0 Å². The van der Waals surface area contributed by atoms with Crippen LogP contribution in [0.1, 0.15) is 47.1 Å². The fraction of sp³-hybridized carbons (Fsp3) is 0.320. The fourth-order valence-corrected chi connectivity index (χ4v) is 3.68.